The summed E-state index contributed by atoms with van der Waals surface area (Å²) in [6, 6.07) is 11.5. The fourth-order valence-corrected chi connectivity index (χ4v) is 3.17. The van der Waals surface area contributed by atoms with Crippen molar-refractivity contribution in [3.8, 4) is 17.2 Å². The summed E-state index contributed by atoms with van der Waals surface area (Å²) >= 11 is 0. The standard InChI is InChI=1S/C18H19F3O4S/c1-13-6-3-9-17(14(13)2)24-15-7-4-8-16(12-15)25-26(22,23)11-5-10-18(19,20)21/h3-4,6-9,12H,5,10-11H2,1-2H3. The number of alkyl halides is 3. The Balaban J connectivity index is 2.05. The van der Waals surface area contributed by atoms with E-state index in [0.717, 1.165) is 11.1 Å². The Bertz CT molecular complexity index is 861. The smallest absolute Gasteiger partial charge is 0.389 e. The summed E-state index contributed by atoms with van der Waals surface area (Å²) in [4.78, 5) is 0. The topological polar surface area (TPSA) is 52.6 Å². The van der Waals surface area contributed by atoms with Gasteiger partial charge in [0, 0.05) is 12.5 Å². The summed E-state index contributed by atoms with van der Waals surface area (Å²) in [6.07, 6.45) is -6.12. The van der Waals surface area contributed by atoms with E-state index >= 15 is 0 Å². The second kappa shape index (κ2) is 7.99. The van der Waals surface area contributed by atoms with Crippen LogP contribution in [0.1, 0.15) is 24.0 Å². The van der Waals surface area contributed by atoms with E-state index in [1.807, 2.05) is 26.0 Å². The van der Waals surface area contributed by atoms with Gasteiger partial charge in [0.25, 0.3) is 0 Å². The van der Waals surface area contributed by atoms with Crippen LogP contribution in [0.25, 0.3) is 0 Å². The second-order valence-electron chi connectivity index (χ2n) is 5.84. The number of aryl methyl sites for hydroxylation is 1. The third-order valence-corrected chi connectivity index (χ3v) is 4.90. The first-order valence-electron chi connectivity index (χ1n) is 7.89. The molecule has 0 aliphatic rings. The first-order valence-corrected chi connectivity index (χ1v) is 9.46. The van der Waals surface area contributed by atoms with Crippen molar-refractivity contribution < 1.29 is 30.5 Å². The van der Waals surface area contributed by atoms with Gasteiger partial charge in [-0.1, -0.05) is 18.2 Å². The zero-order chi connectivity index (χ0) is 19.4. The Kier molecular flexibility index (Phi) is 6.17. The Morgan fingerprint density at radius 1 is 1.00 bits per heavy atom. The van der Waals surface area contributed by atoms with Crippen LogP contribution >= 0.6 is 0 Å². The maximum atomic E-state index is 12.1. The van der Waals surface area contributed by atoms with E-state index in [0.29, 0.717) is 11.5 Å². The van der Waals surface area contributed by atoms with E-state index in [2.05, 4.69) is 0 Å². The molecule has 0 spiro atoms. The first-order chi connectivity index (χ1) is 12.1. The highest BCUT2D eigenvalue weighted by Gasteiger charge is 2.27. The van der Waals surface area contributed by atoms with E-state index < -0.39 is 34.9 Å². The molecule has 0 saturated heterocycles. The van der Waals surface area contributed by atoms with Gasteiger partial charge >= 0.3 is 16.3 Å². The largest absolute Gasteiger partial charge is 0.457 e. The number of benzene rings is 2. The maximum Gasteiger partial charge on any atom is 0.389 e. The van der Waals surface area contributed by atoms with Crippen molar-refractivity contribution in [3.63, 3.8) is 0 Å². The summed E-state index contributed by atoms with van der Waals surface area (Å²) in [5.41, 5.74) is 1.99. The lowest BCUT2D eigenvalue weighted by atomic mass is 10.1. The lowest BCUT2D eigenvalue weighted by Gasteiger charge is -2.12. The van der Waals surface area contributed by atoms with E-state index in [9.17, 15) is 21.6 Å². The van der Waals surface area contributed by atoms with Crippen LogP contribution in [-0.4, -0.2) is 20.3 Å². The number of ether oxygens (including phenoxy) is 1. The van der Waals surface area contributed by atoms with Gasteiger partial charge in [-0.2, -0.15) is 21.6 Å². The molecule has 0 unspecified atom stereocenters. The predicted octanol–water partition coefficient (Wildman–Crippen LogP) is 5.15. The molecule has 0 atom stereocenters. The molecule has 26 heavy (non-hydrogen) atoms. The van der Waals surface area contributed by atoms with Gasteiger partial charge in [-0.3, -0.25) is 0 Å². The Hall–Kier alpha value is -2.22. The molecule has 0 N–H and O–H groups in total. The summed E-state index contributed by atoms with van der Waals surface area (Å²) < 4.78 is 70.6. The molecule has 2 rings (SSSR count). The molecular weight excluding hydrogens is 369 g/mol. The van der Waals surface area contributed by atoms with Gasteiger partial charge in [-0.25, -0.2) is 0 Å². The second-order valence-corrected chi connectivity index (χ2v) is 7.53. The summed E-state index contributed by atoms with van der Waals surface area (Å²) in [7, 11) is -4.12. The van der Waals surface area contributed by atoms with Crippen molar-refractivity contribution in [2.75, 3.05) is 5.75 Å². The van der Waals surface area contributed by atoms with Crippen LogP contribution in [0.2, 0.25) is 0 Å². The van der Waals surface area contributed by atoms with E-state index in [1.165, 1.54) is 12.1 Å². The molecule has 142 valence electrons. The number of halogens is 3. The van der Waals surface area contributed by atoms with Gasteiger partial charge < -0.3 is 8.92 Å². The molecule has 8 heteroatoms. The van der Waals surface area contributed by atoms with E-state index in [4.69, 9.17) is 8.92 Å². The van der Waals surface area contributed by atoms with Crippen molar-refractivity contribution >= 4 is 10.1 Å². The lowest BCUT2D eigenvalue weighted by molar-refractivity contribution is -0.134. The minimum absolute atomic E-state index is 0.0141. The summed E-state index contributed by atoms with van der Waals surface area (Å²) in [5.74, 6) is 0.255. The van der Waals surface area contributed by atoms with Crippen LogP contribution in [0.15, 0.2) is 42.5 Å². The van der Waals surface area contributed by atoms with Gasteiger partial charge in [-0.15, -0.1) is 0 Å². The molecule has 0 radical (unpaired) electrons. The van der Waals surface area contributed by atoms with Crippen molar-refractivity contribution in [2.45, 2.75) is 32.9 Å². The van der Waals surface area contributed by atoms with Crippen molar-refractivity contribution in [1.29, 1.82) is 0 Å². The van der Waals surface area contributed by atoms with Gasteiger partial charge in [0.15, 0.2) is 0 Å². The molecule has 0 amide bonds. The summed E-state index contributed by atoms with van der Waals surface area (Å²) in [5, 5.41) is 0. The molecule has 0 aromatic heterocycles. The third-order valence-electron chi connectivity index (χ3n) is 3.67. The molecule has 0 bridgehead atoms. The maximum absolute atomic E-state index is 12.1. The molecule has 0 heterocycles. The van der Waals surface area contributed by atoms with Crippen LogP contribution in [0.4, 0.5) is 13.2 Å². The van der Waals surface area contributed by atoms with Crippen molar-refractivity contribution in [2.24, 2.45) is 0 Å². The van der Waals surface area contributed by atoms with E-state index in [-0.39, 0.29) is 5.75 Å². The molecule has 0 aliphatic carbocycles. The zero-order valence-electron chi connectivity index (χ0n) is 14.3. The molecule has 4 nitrogen and oxygen atoms in total. The highest BCUT2D eigenvalue weighted by Crippen LogP contribution is 2.29. The van der Waals surface area contributed by atoms with Crippen LogP contribution < -0.4 is 8.92 Å². The predicted molar refractivity (Wildman–Crippen MR) is 92.1 cm³/mol. The Morgan fingerprint density at radius 2 is 1.65 bits per heavy atom. The average Bonchev–Trinajstić information content (AvgIpc) is 2.50. The van der Waals surface area contributed by atoms with Crippen LogP contribution in [0.3, 0.4) is 0 Å². The van der Waals surface area contributed by atoms with Gasteiger partial charge in [0.05, 0.1) is 5.75 Å². The zero-order valence-corrected chi connectivity index (χ0v) is 15.2. The number of rotatable bonds is 7. The molecule has 2 aromatic carbocycles. The minimum Gasteiger partial charge on any atom is -0.457 e. The monoisotopic (exact) mass is 388 g/mol. The fraction of sp³-hybridized carbons (Fsp3) is 0.333. The Labute approximate surface area is 150 Å². The van der Waals surface area contributed by atoms with Crippen LogP contribution in [0.5, 0.6) is 17.2 Å². The van der Waals surface area contributed by atoms with Crippen LogP contribution in [0, 0.1) is 13.8 Å². The third kappa shape index (κ3) is 6.25. The number of hydrogen-bond acceptors (Lipinski definition) is 4. The SMILES string of the molecule is Cc1cccc(Oc2cccc(OS(=O)(=O)CCCC(F)(F)F)c2)c1C. The molecular formula is C18H19F3O4S. The van der Waals surface area contributed by atoms with Gasteiger partial charge in [0.1, 0.15) is 17.2 Å². The average molecular weight is 388 g/mol. The highest BCUT2D eigenvalue weighted by atomic mass is 32.2. The van der Waals surface area contributed by atoms with E-state index in [1.54, 1.807) is 18.2 Å². The molecule has 2 aromatic rings. The minimum atomic E-state index is -4.39. The normalized spacial score (nSPS) is 12.0. The highest BCUT2D eigenvalue weighted by molar-refractivity contribution is 7.87. The fourth-order valence-electron chi connectivity index (χ4n) is 2.19. The van der Waals surface area contributed by atoms with Crippen molar-refractivity contribution in [1.82, 2.24) is 0 Å². The van der Waals surface area contributed by atoms with Crippen molar-refractivity contribution in [3.05, 3.63) is 53.6 Å². The lowest BCUT2D eigenvalue weighted by Crippen LogP contribution is -2.16. The van der Waals surface area contributed by atoms with Crippen LogP contribution in [-0.2, 0) is 10.1 Å². The number of hydrogen-bond donors (Lipinski definition) is 0. The molecule has 0 aliphatic heterocycles. The van der Waals surface area contributed by atoms with Gasteiger partial charge in [-0.05, 0) is 49.6 Å². The first kappa shape index (κ1) is 20.1. The summed E-state index contributed by atoms with van der Waals surface area (Å²) in [6.45, 7) is 3.84. The molecule has 0 fully saturated rings. The van der Waals surface area contributed by atoms with Gasteiger partial charge in [0.2, 0.25) is 0 Å². The molecule has 0 saturated carbocycles. The Morgan fingerprint density at radius 3 is 2.35 bits per heavy atom. The quantitative estimate of drug-likeness (QED) is 0.616.